The molecular weight excluding hydrogens is 370 g/mol. The van der Waals surface area contributed by atoms with Gasteiger partial charge < -0.3 is 5.11 Å². The Morgan fingerprint density at radius 2 is 1.57 bits per heavy atom. The highest BCUT2D eigenvalue weighted by atomic mass is 16.3. The molecule has 0 aromatic heterocycles. The van der Waals surface area contributed by atoms with E-state index in [0.29, 0.717) is 5.69 Å². The van der Waals surface area contributed by atoms with Gasteiger partial charge in [0.05, 0.1) is 0 Å². The summed E-state index contributed by atoms with van der Waals surface area (Å²) in [4.78, 5) is 11.4. The summed E-state index contributed by atoms with van der Waals surface area (Å²) in [5, 5.41) is 13.7. The summed E-state index contributed by atoms with van der Waals surface area (Å²) in [6.45, 7) is 4.32. The highest BCUT2D eigenvalue weighted by molar-refractivity contribution is 5.79. The molecule has 0 fully saturated rings. The molecule has 0 amide bonds. The van der Waals surface area contributed by atoms with Gasteiger partial charge in [-0.15, -0.1) is 4.91 Å². The lowest BCUT2D eigenvalue weighted by Gasteiger charge is -2.28. The summed E-state index contributed by atoms with van der Waals surface area (Å²) in [7, 11) is 0. The van der Waals surface area contributed by atoms with E-state index in [0.717, 1.165) is 46.2 Å². The van der Waals surface area contributed by atoms with Crippen molar-refractivity contribution in [2.75, 3.05) is 0 Å². The molecule has 1 aliphatic carbocycles. The average Bonchev–Trinajstić information content (AvgIpc) is 2.80. The molecule has 0 spiro atoms. The predicted octanol–water partition coefficient (Wildman–Crippen LogP) is 7.52. The van der Waals surface area contributed by atoms with Crippen LogP contribution >= 0.6 is 0 Å². The number of phenols is 1. The summed E-state index contributed by atoms with van der Waals surface area (Å²) in [6.07, 6.45) is 8.41. The first kappa shape index (κ1) is 19.8. The van der Waals surface area contributed by atoms with Crippen molar-refractivity contribution in [2.24, 2.45) is 5.18 Å². The van der Waals surface area contributed by atoms with Crippen molar-refractivity contribution in [1.29, 1.82) is 0 Å². The van der Waals surface area contributed by atoms with Crippen LogP contribution in [-0.2, 0) is 5.41 Å². The highest BCUT2D eigenvalue weighted by Gasteiger charge is 2.26. The van der Waals surface area contributed by atoms with Crippen LogP contribution in [-0.4, -0.2) is 5.11 Å². The van der Waals surface area contributed by atoms with Crippen molar-refractivity contribution < 1.29 is 5.11 Å². The molecule has 0 unspecified atom stereocenters. The van der Waals surface area contributed by atoms with E-state index in [1.165, 1.54) is 0 Å². The summed E-state index contributed by atoms with van der Waals surface area (Å²) >= 11 is 0. The quantitative estimate of drug-likeness (QED) is 0.454. The second kappa shape index (κ2) is 8.11. The van der Waals surface area contributed by atoms with Crippen LogP contribution in [0.15, 0.2) is 90.1 Å². The third kappa shape index (κ3) is 3.71. The average molecular weight is 396 g/mol. The van der Waals surface area contributed by atoms with E-state index in [4.69, 9.17) is 0 Å². The maximum absolute atomic E-state index is 11.4. The lowest BCUT2D eigenvalue weighted by atomic mass is 9.76. The fraction of sp³-hybridized carbons (Fsp3) is 0.185. The van der Waals surface area contributed by atoms with Gasteiger partial charge in [0.25, 0.3) is 0 Å². The fourth-order valence-corrected chi connectivity index (χ4v) is 3.99. The molecule has 3 heteroatoms. The maximum atomic E-state index is 11.4. The van der Waals surface area contributed by atoms with Gasteiger partial charge in [0.15, 0.2) is 0 Å². The lowest BCUT2D eigenvalue weighted by Crippen LogP contribution is -2.19. The van der Waals surface area contributed by atoms with Gasteiger partial charge in [-0.3, -0.25) is 0 Å². The number of nitroso groups, excluding NO2 is 1. The smallest absolute Gasteiger partial charge is 0.123 e. The predicted molar refractivity (Wildman–Crippen MR) is 124 cm³/mol. The number of nitrogens with zero attached hydrogens (tertiary/aromatic N) is 1. The first-order valence-electron chi connectivity index (χ1n) is 10.2. The third-order valence-corrected chi connectivity index (χ3v) is 5.93. The number of hydrogen-bond acceptors (Lipinski definition) is 3. The second-order valence-corrected chi connectivity index (χ2v) is 8.19. The summed E-state index contributed by atoms with van der Waals surface area (Å²) in [5.74, 6) is 0.290. The Morgan fingerprint density at radius 1 is 0.867 bits per heavy atom. The van der Waals surface area contributed by atoms with Crippen molar-refractivity contribution in [3.63, 3.8) is 0 Å². The highest BCUT2D eigenvalue weighted by Crippen LogP contribution is 2.40. The fourth-order valence-electron chi connectivity index (χ4n) is 3.99. The minimum Gasteiger partial charge on any atom is -0.507 e. The molecule has 0 saturated heterocycles. The van der Waals surface area contributed by atoms with Gasteiger partial charge in [0, 0.05) is 16.5 Å². The zero-order chi connectivity index (χ0) is 21.1. The lowest BCUT2D eigenvalue weighted by molar-refractivity contribution is 0.472. The van der Waals surface area contributed by atoms with Crippen LogP contribution in [0, 0.1) is 4.91 Å². The van der Waals surface area contributed by atoms with E-state index in [2.05, 4.69) is 49.4 Å². The zero-order valence-electron chi connectivity index (χ0n) is 17.3. The van der Waals surface area contributed by atoms with Gasteiger partial charge in [0.1, 0.15) is 11.4 Å². The number of rotatable bonds is 5. The molecule has 3 nitrogen and oxygen atoms in total. The van der Waals surface area contributed by atoms with Crippen LogP contribution in [0.2, 0.25) is 0 Å². The summed E-state index contributed by atoms with van der Waals surface area (Å²) in [5.41, 5.74) is 5.99. The maximum Gasteiger partial charge on any atom is 0.123 e. The largest absolute Gasteiger partial charge is 0.507 e. The summed E-state index contributed by atoms with van der Waals surface area (Å²) < 4.78 is 0. The van der Waals surface area contributed by atoms with Crippen LogP contribution in [0.25, 0.3) is 16.7 Å². The number of hydrogen-bond donors (Lipinski definition) is 1. The van der Waals surface area contributed by atoms with Crippen LogP contribution in [0.1, 0.15) is 43.4 Å². The molecule has 3 aromatic rings. The normalized spacial score (nSPS) is 13.7. The molecule has 0 heterocycles. The zero-order valence-corrected chi connectivity index (χ0v) is 17.3. The van der Waals surface area contributed by atoms with Crippen LogP contribution in [0.3, 0.4) is 0 Å². The minimum atomic E-state index is -0.327. The molecule has 0 saturated carbocycles. The van der Waals surface area contributed by atoms with Gasteiger partial charge in [-0.2, -0.15) is 0 Å². The summed E-state index contributed by atoms with van der Waals surface area (Å²) in [6, 6.07) is 21.5. The van der Waals surface area contributed by atoms with Crippen molar-refractivity contribution in [3.8, 4) is 16.9 Å². The van der Waals surface area contributed by atoms with Gasteiger partial charge >= 0.3 is 0 Å². The Balaban J connectivity index is 1.80. The van der Waals surface area contributed by atoms with Crippen LogP contribution < -0.4 is 0 Å². The standard InChI is InChI=1S/C27H25NO2/c1-27(2,22-14-16-26(29)24(18-22)20-11-7-4-8-12-20)21-13-15-25(28-30)23(17-21)19-9-5-3-6-10-19/h3,5-7,9-18,29H,4,8H2,1-2H3. The van der Waals surface area contributed by atoms with E-state index in [-0.39, 0.29) is 11.2 Å². The number of aromatic hydroxyl groups is 1. The van der Waals surface area contributed by atoms with Gasteiger partial charge in [-0.25, -0.2) is 0 Å². The Morgan fingerprint density at radius 3 is 2.23 bits per heavy atom. The van der Waals surface area contributed by atoms with Crippen molar-refractivity contribution in [3.05, 3.63) is 107 Å². The molecule has 4 rings (SSSR count). The SMILES string of the molecule is CC(C)(c1ccc(O)c(C2=CCCC=C2)c1)c1ccc(N=O)c(-c2ccccc2)c1. The molecule has 0 atom stereocenters. The molecular formula is C27H25NO2. The molecule has 3 aromatic carbocycles. The topological polar surface area (TPSA) is 49.7 Å². The monoisotopic (exact) mass is 395 g/mol. The van der Waals surface area contributed by atoms with Crippen LogP contribution in [0.4, 0.5) is 5.69 Å². The van der Waals surface area contributed by atoms with Crippen molar-refractivity contribution in [2.45, 2.75) is 32.1 Å². The first-order chi connectivity index (χ1) is 14.5. The van der Waals surface area contributed by atoms with Gasteiger partial charge in [0.2, 0.25) is 0 Å². The van der Waals surface area contributed by atoms with E-state index < -0.39 is 0 Å². The number of phenolic OH excluding ortho intramolecular Hbond substituents is 1. The van der Waals surface area contributed by atoms with Crippen molar-refractivity contribution in [1.82, 2.24) is 0 Å². The molecule has 0 aliphatic heterocycles. The Hall–Kier alpha value is -3.46. The van der Waals surface area contributed by atoms with Crippen LogP contribution in [0.5, 0.6) is 5.75 Å². The van der Waals surface area contributed by atoms with E-state index >= 15 is 0 Å². The second-order valence-electron chi connectivity index (χ2n) is 8.19. The molecule has 30 heavy (non-hydrogen) atoms. The Bertz CT molecular complexity index is 1140. The first-order valence-corrected chi connectivity index (χ1v) is 10.2. The molecule has 1 N–H and O–H groups in total. The third-order valence-electron chi connectivity index (χ3n) is 5.93. The molecule has 1 aliphatic rings. The van der Waals surface area contributed by atoms with Gasteiger partial charge in [-0.05, 0) is 64.5 Å². The van der Waals surface area contributed by atoms with Gasteiger partial charge in [-0.1, -0.05) is 74.5 Å². The Kier molecular flexibility index (Phi) is 5.37. The van der Waals surface area contributed by atoms with Crippen molar-refractivity contribution >= 4 is 11.3 Å². The molecule has 0 radical (unpaired) electrons. The van der Waals surface area contributed by atoms with E-state index in [9.17, 15) is 10.0 Å². The number of allylic oxidation sites excluding steroid dienone is 4. The molecule has 150 valence electrons. The molecule has 0 bridgehead atoms. The van der Waals surface area contributed by atoms with E-state index in [1.807, 2.05) is 42.5 Å². The van der Waals surface area contributed by atoms with E-state index in [1.54, 1.807) is 12.1 Å². The Labute approximate surface area is 177 Å². The number of benzene rings is 3. The minimum absolute atomic E-state index is 0.290.